The molecular weight excluding hydrogens is 458 g/mol. The number of thiocarbonyl (C=S) groups is 1. The van der Waals surface area contributed by atoms with E-state index in [9.17, 15) is 4.79 Å². The smallest absolute Gasteiger partial charge is 0.257 e. The number of carbonyl (C=O) groups excluding carboxylic acids is 1. The van der Waals surface area contributed by atoms with Crippen molar-refractivity contribution in [1.29, 1.82) is 0 Å². The van der Waals surface area contributed by atoms with Gasteiger partial charge in [0.05, 0.1) is 26.5 Å². The maximum Gasteiger partial charge on any atom is 0.257 e. The average Bonchev–Trinajstić information content (AvgIpc) is 3.30. The predicted octanol–water partition coefficient (Wildman–Crippen LogP) is 4.88. The quantitative estimate of drug-likeness (QED) is 0.529. The van der Waals surface area contributed by atoms with Gasteiger partial charge in [-0.15, -0.1) is 0 Å². The summed E-state index contributed by atoms with van der Waals surface area (Å²) in [5, 5.41) is 9.98. The van der Waals surface area contributed by atoms with Gasteiger partial charge in [-0.1, -0.05) is 41.9 Å². The minimum Gasteiger partial charge on any atom is -0.497 e. The highest BCUT2D eigenvalue weighted by Gasteiger charge is 2.33. The number of nitrogens with zero attached hydrogens (tertiary/aromatic N) is 2. The van der Waals surface area contributed by atoms with Crippen molar-refractivity contribution in [1.82, 2.24) is 10.3 Å². The largest absolute Gasteiger partial charge is 0.497 e. The van der Waals surface area contributed by atoms with Gasteiger partial charge in [0.25, 0.3) is 5.91 Å². The van der Waals surface area contributed by atoms with Gasteiger partial charge in [0.1, 0.15) is 11.5 Å². The third-order valence-corrected chi connectivity index (χ3v) is 5.93. The Bertz CT molecular complexity index is 1200. The van der Waals surface area contributed by atoms with Crippen LogP contribution in [0.1, 0.15) is 27.4 Å². The molecule has 168 valence electrons. The number of ether oxygens (including phenoxy) is 2. The third kappa shape index (κ3) is 4.99. The van der Waals surface area contributed by atoms with Crippen molar-refractivity contribution in [2.75, 3.05) is 20.8 Å². The highest BCUT2D eigenvalue weighted by atomic mass is 35.5. The van der Waals surface area contributed by atoms with Gasteiger partial charge in [-0.25, -0.2) is 5.01 Å². The molecule has 1 heterocycles. The molecule has 8 heteroatoms. The molecule has 3 aromatic rings. The molecule has 0 spiro atoms. The molecule has 1 atom stereocenters. The van der Waals surface area contributed by atoms with E-state index in [-0.39, 0.29) is 16.9 Å². The fraction of sp³-hybridized carbons (Fsp3) is 0.160. The lowest BCUT2D eigenvalue weighted by molar-refractivity contribution is 0.0973. The molecule has 3 aromatic carbocycles. The second-order valence-corrected chi connectivity index (χ2v) is 8.19. The molecule has 0 fully saturated rings. The molecule has 0 saturated carbocycles. The Balaban J connectivity index is 1.65. The molecule has 0 radical (unpaired) electrons. The van der Waals surface area contributed by atoms with Crippen LogP contribution in [0, 0.1) is 0 Å². The Hall–Kier alpha value is -3.42. The predicted molar refractivity (Wildman–Crippen MR) is 133 cm³/mol. The summed E-state index contributed by atoms with van der Waals surface area (Å²) in [5.74, 6) is 0.942. The van der Waals surface area contributed by atoms with Crippen molar-refractivity contribution in [3.8, 4) is 11.5 Å². The first-order valence-corrected chi connectivity index (χ1v) is 11.0. The standard InChI is InChI=1S/C25H22ClN3O3S/c1-31-19-12-13-20(22(14-19)32-2)23-21(16-6-4-3-5-7-16)15-29(28-23)25(33)27-24(30)17-8-10-18(26)11-9-17/h3-14,21H,15H2,1-2H3,(H,27,30,33). The van der Waals surface area contributed by atoms with Crippen molar-refractivity contribution in [2.24, 2.45) is 5.10 Å². The number of halogens is 1. The van der Waals surface area contributed by atoms with Gasteiger partial charge in [0, 0.05) is 28.1 Å². The van der Waals surface area contributed by atoms with E-state index < -0.39 is 0 Å². The second kappa shape index (κ2) is 10.0. The van der Waals surface area contributed by atoms with Crippen LogP contribution in [0.15, 0.2) is 77.9 Å². The molecule has 1 amide bonds. The number of methoxy groups -OCH3 is 2. The van der Waals surface area contributed by atoms with Crippen molar-refractivity contribution in [3.05, 3.63) is 94.5 Å². The number of benzene rings is 3. The summed E-state index contributed by atoms with van der Waals surface area (Å²) in [6, 6.07) is 22.3. The first kappa shape index (κ1) is 22.8. The van der Waals surface area contributed by atoms with Crippen LogP contribution in [-0.2, 0) is 0 Å². The van der Waals surface area contributed by atoms with E-state index in [4.69, 9.17) is 38.4 Å². The number of carbonyl (C=O) groups is 1. The molecule has 4 rings (SSSR count). The molecule has 1 unspecified atom stereocenters. The van der Waals surface area contributed by atoms with E-state index in [1.165, 1.54) is 0 Å². The SMILES string of the molecule is COc1ccc(C2=NN(C(=S)NC(=O)c3ccc(Cl)cc3)CC2c2ccccc2)c(OC)c1. The van der Waals surface area contributed by atoms with Crippen LogP contribution >= 0.6 is 23.8 Å². The summed E-state index contributed by atoms with van der Waals surface area (Å²) in [6.07, 6.45) is 0. The third-order valence-electron chi connectivity index (χ3n) is 5.36. The monoisotopic (exact) mass is 479 g/mol. The fourth-order valence-corrected chi connectivity index (χ4v) is 4.00. The molecule has 0 aliphatic carbocycles. The van der Waals surface area contributed by atoms with E-state index in [1.807, 2.05) is 36.4 Å². The van der Waals surface area contributed by atoms with Gasteiger partial charge in [-0.05, 0) is 54.2 Å². The summed E-state index contributed by atoms with van der Waals surface area (Å²) in [5.41, 5.74) is 3.18. The van der Waals surface area contributed by atoms with Crippen molar-refractivity contribution in [2.45, 2.75) is 5.92 Å². The number of rotatable bonds is 5. The number of hydrogen-bond acceptors (Lipinski definition) is 5. The minimum atomic E-state index is -0.321. The zero-order valence-electron chi connectivity index (χ0n) is 18.1. The molecule has 0 aromatic heterocycles. The van der Waals surface area contributed by atoms with Gasteiger partial charge >= 0.3 is 0 Å². The lowest BCUT2D eigenvalue weighted by atomic mass is 9.90. The van der Waals surface area contributed by atoms with E-state index in [1.54, 1.807) is 43.5 Å². The van der Waals surface area contributed by atoms with Gasteiger partial charge in [0.15, 0.2) is 5.11 Å². The molecule has 1 N–H and O–H groups in total. The molecule has 0 saturated heterocycles. The van der Waals surface area contributed by atoms with Crippen LogP contribution in [0.2, 0.25) is 5.02 Å². The molecule has 1 aliphatic heterocycles. The van der Waals surface area contributed by atoms with Crippen molar-refractivity contribution < 1.29 is 14.3 Å². The Morgan fingerprint density at radius 1 is 1.06 bits per heavy atom. The zero-order valence-corrected chi connectivity index (χ0v) is 19.7. The lowest BCUT2D eigenvalue weighted by Gasteiger charge is -2.18. The van der Waals surface area contributed by atoms with Crippen LogP contribution in [0.4, 0.5) is 0 Å². The van der Waals surface area contributed by atoms with Crippen LogP contribution in [0.5, 0.6) is 11.5 Å². The van der Waals surface area contributed by atoms with Crippen molar-refractivity contribution in [3.63, 3.8) is 0 Å². The molecular formula is C25H22ClN3O3S. The Labute approximate surface area is 202 Å². The Morgan fingerprint density at radius 2 is 1.79 bits per heavy atom. The number of nitrogens with one attached hydrogen (secondary N) is 1. The maximum absolute atomic E-state index is 12.6. The number of hydrazone groups is 1. The van der Waals surface area contributed by atoms with Crippen LogP contribution < -0.4 is 14.8 Å². The van der Waals surface area contributed by atoms with E-state index in [0.29, 0.717) is 28.6 Å². The second-order valence-electron chi connectivity index (χ2n) is 7.36. The average molecular weight is 480 g/mol. The Kier molecular flexibility index (Phi) is 6.91. The highest BCUT2D eigenvalue weighted by molar-refractivity contribution is 7.80. The van der Waals surface area contributed by atoms with Crippen LogP contribution in [0.25, 0.3) is 0 Å². The summed E-state index contributed by atoms with van der Waals surface area (Å²) in [7, 11) is 3.22. The normalized spacial score (nSPS) is 15.1. The van der Waals surface area contributed by atoms with Crippen molar-refractivity contribution >= 4 is 40.6 Å². The highest BCUT2D eigenvalue weighted by Crippen LogP contribution is 2.34. The van der Waals surface area contributed by atoms with Gasteiger partial charge in [-0.2, -0.15) is 5.10 Å². The van der Waals surface area contributed by atoms with Crippen LogP contribution in [0.3, 0.4) is 0 Å². The molecule has 1 aliphatic rings. The first-order valence-electron chi connectivity index (χ1n) is 10.2. The number of hydrogen-bond donors (Lipinski definition) is 1. The Morgan fingerprint density at radius 3 is 2.45 bits per heavy atom. The van der Waals surface area contributed by atoms with E-state index in [2.05, 4.69) is 17.4 Å². The fourth-order valence-electron chi connectivity index (χ4n) is 3.66. The number of amides is 1. The lowest BCUT2D eigenvalue weighted by Crippen LogP contribution is -2.39. The summed E-state index contributed by atoms with van der Waals surface area (Å²) in [4.78, 5) is 12.6. The van der Waals surface area contributed by atoms with Gasteiger partial charge in [0.2, 0.25) is 0 Å². The van der Waals surface area contributed by atoms with Gasteiger partial charge < -0.3 is 9.47 Å². The summed E-state index contributed by atoms with van der Waals surface area (Å²) < 4.78 is 11.0. The first-order chi connectivity index (χ1) is 16.0. The zero-order chi connectivity index (χ0) is 23.4. The van der Waals surface area contributed by atoms with Gasteiger partial charge in [-0.3, -0.25) is 10.1 Å². The maximum atomic E-state index is 12.6. The minimum absolute atomic E-state index is 0.0705. The van der Waals surface area contributed by atoms with E-state index >= 15 is 0 Å². The van der Waals surface area contributed by atoms with Crippen LogP contribution in [-0.4, -0.2) is 42.5 Å². The molecule has 6 nitrogen and oxygen atoms in total. The summed E-state index contributed by atoms with van der Waals surface area (Å²) in [6.45, 7) is 0.480. The van der Waals surface area contributed by atoms with E-state index in [0.717, 1.165) is 16.8 Å². The topological polar surface area (TPSA) is 63.2 Å². The summed E-state index contributed by atoms with van der Waals surface area (Å²) >= 11 is 11.4. The molecule has 0 bridgehead atoms. The molecule has 33 heavy (non-hydrogen) atoms.